The predicted molar refractivity (Wildman–Crippen MR) is 131 cm³/mol. The van der Waals surface area contributed by atoms with E-state index in [4.69, 9.17) is 10.2 Å². The molecule has 11 nitrogen and oxygen atoms in total. The first-order valence-corrected chi connectivity index (χ1v) is 13.1. The maximum Gasteiger partial charge on any atom is 0.391 e. The Balaban J connectivity index is 1.10. The Labute approximate surface area is 216 Å². The van der Waals surface area contributed by atoms with Crippen molar-refractivity contribution in [3.8, 4) is 11.6 Å². The van der Waals surface area contributed by atoms with Crippen LogP contribution in [-0.4, -0.2) is 91.3 Å². The number of halogens is 3. The Morgan fingerprint density at radius 2 is 1.76 bits per heavy atom. The van der Waals surface area contributed by atoms with Gasteiger partial charge in [0.25, 0.3) is 5.78 Å². The minimum atomic E-state index is -4.10. The van der Waals surface area contributed by atoms with Crippen LogP contribution < -0.4 is 10.6 Å². The summed E-state index contributed by atoms with van der Waals surface area (Å²) in [6.45, 7) is 3.07. The molecule has 0 radical (unpaired) electrons. The molecule has 2 saturated heterocycles. The normalized spacial score (nSPS) is 25.4. The topological polar surface area (TPSA) is 122 Å². The number of nitrogens with zero attached hydrogens (tertiary/aromatic N) is 8. The summed E-state index contributed by atoms with van der Waals surface area (Å²) >= 11 is 0. The molecule has 38 heavy (non-hydrogen) atoms. The van der Waals surface area contributed by atoms with E-state index in [-0.39, 0.29) is 36.5 Å². The van der Waals surface area contributed by atoms with Gasteiger partial charge in [-0.2, -0.15) is 32.6 Å². The largest absolute Gasteiger partial charge is 0.461 e. The fourth-order valence-electron chi connectivity index (χ4n) is 5.98. The molecule has 3 fully saturated rings. The van der Waals surface area contributed by atoms with Crippen LogP contribution in [0.5, 0.6) is 0 Å². The molecule has 0 bridgehead atoms. The molecule has 6 rings (SSSR count). The van der Waals surface area contributed by atoms with Gasteiger partial charge in [-0.25, -0.2) is 0 Å². The van der Waals surface area contributed by atoms with Crippen LogP contribution in [0.1, 0.15) is 38.5 Å². The van der Waals surface area contributed by atoms with Gasteiger partial charge in [0.1, 0.15) is 6.04 Å². The molecule has 14 heteroatoms. The second-order valence-electron chi connectivity index (χ2n) is 10.3. The highest BCUT2D eigenvalue weighted by molar-refractivity contribution is 5.85. The lowest BCUT2D eigenvalue weighted by atomic mass is 9.84. The molecular formula is C24H30F3N9O2. The number of furan rings is 1. The fourth-order valence-corrected chi connectivity index (χ4v) is 5.98. The quantitative estimate of drug-likeness (QED) is 0.539. The Kier molecular flexibility index (Phi) is 6.36. The number of carbonyl (C=O) groups excluding carboxylic acids is 1. The number of anilines is 2. The molecular weight excluding hydrogens is 503 g/mol. The van der Waals surface area contributed by atoms with Gasteiger partial charge >= 0.3 is 6.18 Å². The van der Waals surface area contributed by atoms with Crippen molar-refractivity contribution in [1.29, 1.82) is 0 Å². The van der Waals surface area contributed by atoms with Crippen molar-refractivity contribution >= 4 is 23.6 Å². The minimum Gasteiger partial charge on any atom is -0.461 e. The van der Waals surface area contributed by atoms with Crippen LogP contribution in [0.25, 0.3) is 17.4 Å². The van der Waals surface area contributed by atoms with Gasteiger partial charge < -0.3 is 20.0 Å². The molecule has 0 spiro atoms. The lowest BCUT2D eigenvalue weighted by Crippen LogP contribution is -2.56. The van der Waals surface area contributed by atoms with Crippen molar-refractivity contribution in [3.05, 3.63) is 18.4 Å². The predicted octanol–water partition coefficient (Wildman–Crippen LogP) is 2.60. The third-order valence-electron chi connectivity index (χ3n) is 8.06. The summed E-state index contributed by atoms with van der Waals surface area (Å²) in [4.78, 5) is 32.9. The highest BCUT2D eigenvalue weighted by Gasteiger charge is 2.43. The summed E-state index contributed by atoms with van der Waals surface area (Å²) < 4.78 is 45.8. The van der Waals surface area contributed by atoms with Gasteiger partial charge in [-0.15, -0.1) is 5.10 Å². The summed E-state index contributed by atoms with van der Waals surface area (Å²) in [6, 6.07) is 3.23. The number of fused-ring (bicyclic) bond motifs is 1. The van der Waals surface area contributed by atoms with Crippen LogP contribution in [0.3, 0.4) is 0 Å². The van der Waals surface area contributed by atoms with Crippen LogP contribution in [0.4, 0.5) is 25.1 Å². The summed E-state index contributed by atoms with van der Waals surface area (Å²) in [6.07, 6.45) is 0.411. The summed E-state index contributed by atoms with van der Waals surface area (Å²) in [5, 5.41) is 4.32. The Hall–Kier alpha value is -3.42. The first kappa shape index (κ1) is 24.9. The number of nitrogen functional groups attached to an aromatic ring is 1. The van der Waals surface area contributed by atoms with E-state index < -0.39 is 18.1 Å². The Morgan fingerprint density at radius 3 is 2.45 bits per heavy atom. The molecule has 0 unspecified atom stereocenters. The van der Waals surface area contributed by atoms with Crippen molar-refractivity contribution in [1.82, 2.24) is 34.4 Å². The second-order valence-corrected chi connectivity index (χ2v) is 10.3. The SMILES string of the molecule is Nc1nc(N2CCC[C@H]2C(=O)N2CCN(C3CCC(C(F)(F)F)CC3)CC2)nc2nc(-c3ccco3)nn12. The van der Waals surface area contributed by atoms with Crippen molar-refractivity contribution in [2.45, 2.75) is 56.8 Å². The zero-order valence-corrected chi connectivity index (χ0v) is 20.8. The van der Waals surface area contributed by atoms with Crippen molar-refractivity contribution < 1.29 is 22.4 Å². The van der Waals surface area contributed by atoms with Crippen molar-refractivity contribution in [3.63, 3.8) is 0 Å². The molecule has 2 aliphatic heterocycles. The van der Waals surface area contributed by atoms with E-state index in [0.29, 0.717) is 69.5 Å². The molecule has 3 aromatic heterocycles. The zero-order chi connectivity index (χ0) is 26.4. The van der Waals surface area contributed by atoms with Crippen LogP contribution in [-0.2, 0) is 4.79 Å². The highest BCUT2D eigenvalue weighted by Crippen LogP contribution is 2.39. The van der Waals surface area contributed by atoms with Gasteiger partial charge in [0.2, 0.25) is 23.6 Å². The number of nitrogens with two attached hydrogens (primary N) is 1. The van der Waals surface area contributed by atoms with Gasteiger partial charge in [-0.3, -0.25) is 9.69 Å². The van der Waals surface area contributed by atoms with Crippen LogP contribution in [0.15, 0.2) is 22.8 Å². The van der Waals surface area contributed by atoms with Gasteiger partial charge in [-0.05, 0) is 50.7 Å². The number of piperazine rings is 1. The zero-order valence-electron chi connectivity index (χ0n) is 20.8. The molecule has 2 N–H and O–H groups in total. The maximum absolute atomic E-state index is 13.5. The van der Waals surface area contributed by atoms with Gasteiger partial charge in [0.05, 0.1) is 12.2 Å². The van der Waals surface area contributed by atoms with E-state index in [1.165, 1.54) is 10.8 Å². The Morgan fingerprint density at radius 1 is 1.00 bits per heavy atom. The van der Waals surface area contributed by atoms with E-state index in [2.05, 4.69) is 25.0 Å². The third-order valence-corrected chi connectivity index (χ3v) is 8.06. The van der Waals surface area contributed by atoms with E-state index >= 15 is 0 Å². The van der Waals surface area contributed by atoms with Crippen LogP contribution in [0, 0.1) is 5.92 Å². The maximum atomic E-state index is 13.5. The lowest BCUT2D eigenvalue weighted by molar-refractivity contribution is -0.184. The number of carbonyl (C=O) groups is 1. The molecule has 3 aliphatic rings. The number of rotatable bonds is 4. The Bertz CT molecular complexity index is 1280. The smallest absolute Gasteiger partial charge is 0.391 e. The standard InChI is InChI=1S/C24H30F3N9O2/c25-24(26,27)15-5-7-16(8-6-15)33-10-12-34(13-11-33)20(37)17-3-1-9-35(17)22-30-21(28)36-23(31-22)29-19(32-36)18-4-2-14-38-18/h2,4,14-17H,1,3,5-13H2,(H2,28,29,30,31,32)/t15?,16?,17-/m0/s1. The van der Waals surface area contributed by atoms with Crippen molar-refractivity contribution in [2.24, 2.45) is 5.92 Å². The lowest BCUT2D eigenvalue weighted by Gasteiger charge is -2.43. The number of amides is 1. The molecule has 5 heterocycles. The minimum absolute atomic E-state index is 0.0164. The molecule has 1 aliphatic carbocycles. The fraction of sp³-hybridized carbons (Fsp3) is 0.625. The highest BCUT2D eigenvalue weighted by atomic mass is 19.4. The molecule has 1 amide bonds. The summed E-state index contributed by atoms with van der Waals surface area (Å²) in [5.74, 6) is 0.380. The number of aromatic nitrogens is 5. The molecule has 1 saturated carbocycles. The monoisotopic (exact) mass is 533 g/mol. The molecule has 0 aromatic carbocycles. The third kappa shape index (κ3) is 4.65. The number of hydrogen-bond donors (Lipinski definition) is 1. The van der Waals surface area contributed by atoms with E-state index in [0.717, 1.165) is 6.42 Å². The number of alkyl halides is 3. The average molecular weight is 534 g/mol. The van der Waals surface area contributed by atoms with Crippen molar-refractivity contribution in [2.75, 3.05) is 43.4 Å². The number of hydrogen-bond acceptors (Lipinski definition) is 9. The van der Waals surface area contributed by atoms with Gasteiger partial charge in [-0.1, -0.05) is 0 Å². The first-order chi connectivity index (χ1) is 18.3. The van der Waals surface area contributed by atoms with Crippen LogP contribution >= 0.6 is 0 Å². The summed E-state index contributed by atoms with van der Waals surface area (Å²) in [7, 11) is 0. The van der Waals surface area contributed by atoms with E-state index in [9.17, 15) is 18.0 Å². The molecule has 204 valence electrons. The van der Waals surface area contributed by atoms with E-state index in [1.807, 2.05) is 9.80 Å². The average Bonchev–Trinajstić information content (AvgIpc) is 3.68. The molecule has 1 atom stereocenters. The first-order valence-electron chi connectivity index (χ1n) is 13.1. The van der Waals surface area contributed by atoms with Gasteiger partial charge in [0.15, 0.2) is 5.76 Å². The van der Waals surface area contributed by atoms with E-state index in [1.54, 1.807) is 12.1 Å². The summed E-state index contributed by atoms with van der Waals surface area (Å²) in [5.41, 5.74) is 6.16. The van der Waals surface area contributed by atoms with Gasteiger partial charge in [0, 0.05) is 38.8 Å². The molecule has 3 aromatic rings. The second kappa shape index (κ2) is 9.71. The van der Waals surface area contributed by atoms with Crippen LogP contribution in [0.2, 0.25) is 0 Å².